The van der Waals surface area contributed by atoms with Gasteiger partial charge in [-0.3, -0.25) is 4.79 Å². The Balaban J connectivity index is 2.07. The molecule has 1 saturated heterocycles. The number of hydrogen-bond donors (Lipinski definition) is 0. The summed E-state index contributed by atoms with van der Waals surface area (Å²) in [6.07, 6.45) is 4.14. The number of nitrogens with zero attached hydrogens (tertiary/aromatic N) is 3. The number of amides is 1. The molecule has 1 aliphatic rings. The van der Waals surface area contributed by atoms with Crippen LogP contribution >= 0.6 is 0 Å². The predicted molar refractivity (Wildman–Crippen MR) is 82.1 cm³/mol. The van der Waals surface area contributed by atoms with Crippen molar-refractivity contribution in [2.24, 2.45) is 5.92 Å². The Hall–Kier alpha value is -1.58. The van der Waals surface area contributed by atoms with Crippen molar-refractivity contribution in [2.75, 3.05) is 31.1 Å². The fourth-order valence-corrected chi connectivity index (χ4v) is 2.82. The number of carbonyl (C=O) groups excluding carboxylic acids is 1. The van der Waals surface area contributed by atoms with E-state index in [2.05, 4.69) is 30.7 Å². The number of pyridine rings is 1. The molecule has 1 atom stereocenters. The lowest BCUT2D eigenvalue weighted by atomic mass is 10.00. The van der Waals surface area contributed by atoms with Crippen molar-refractivity contribution in [1.82, 2.24) is 9.88 Å². The number of piperidine rings is 1. The molecule has 110 valence electrons. The molecule has 1 unspecified atom stereocenters. The molecule has 0 saturated carbocycles. The molecule has 0 N–H and O–H groups in total. The van der Waals surface area contributed by atoms with Gasteiger partial charge in [-0.1, -0.05) is 6.92 Å². The van der Waals surface area contributed by atoms with Gasteiger partial charge < -0.3 is 9.80 Å². The number of anilines is 1. The summed E-state index contributed by atoms with van der Waals surface area (Å²) in [5, 5.41) is 0. The number of aromatic nitrogens is 1. The normalized spacial score (nSPS) is 18.9. The lowest BCUT2D eigenvalue weighted by Gasteiger charge is -2.30. The van der Waals surface area contributed by atoms with E-state index in [-0.39, 0.29) is 5.91 Å². The zero-order valence-corrected chi connectivity index (χ0v) is 12.8. The topological polar surface area (TPSA) is 36.4 Å². The molecule has 2 heterocycles. The standard InChI is InChI=1S/C16H25N3O/c1-4-18(5-2)14-8-9-15(17-11-14)16(20)19-10-6-7-13(3)12-19/h8-9,11,13H,4-7,10,12H2,1-3H3. The summed E-state index contributed by atoms with van der Waals surface area (Å²) in [5.41, 5.74) is 1.65. The van der Waals surface area contributed by atoms with Crippen LogP contribution < -0.4 is 4.90 Å². The van der Waals surface area contributed by atoms with E-state index in [0.717, 1.165) is 38.3 Å². The largest absolute Gasteiger partial charge is 0.371 e. The van der Waals surface area contributed by atoms with Crippen LogP contribution in [0.5, 0.6) is 0 Å². The third kappa shape index (κ3) is 3.30. The zero-order chi connectivity index (χ0) is 14.5. The van der Waals surface area contributed by atoms with E-state index in [1.165, 1.54) is 6.42 Å². The highest BCUT2D eigenvalue weighted by Crippen LogP contribution is 2.18. The minimum Gasteiger partial charge on any atom is -0.371 e. The van der Waals surface area contributed by atoms with Crippen LogP contribution in [0.25, 0.3) is 0 Å². The minimum absolute atomic E-state index is 0.0719. The second-order valence-corrected chi connectivity index (χ2v) is 5.57. The molecule has 1 fully saturated rings. The average molecular weight is 275 g/mol. The van der Waals surface area contributed by atoms with Gasteiger partial charge >= 0.3 is 0 Å². The van der Waals surface area contributed by atoms with Crippen LogP contribution in [0.3, 0.4) is 0 Å². The van der Waals surface area contributed by atoms with Gasteiger partial charge in [0.2, 0.25) is 0 Å². The summed E-state index contributed by atoms with van der Waals surface area (Å²) in [6, 6.07) is 3.86. The second kappa shape index (κ2) is 6.73. The molecular weight excluding hydrogens is 250 g/mol. The van der Waals surface area contributed by atoms with Gasteiger partial charge in [0, 0.05) is 26.2 Å². The van der Waals surface area contributed by atoms with Gasteiger partial charge in [-0.15, -0.1) is 0 Å². The van der Waals surface area contributed by atoms with Gasteiger partial charge in [0.05, 0.1) is 11.9 Å². The molecule has 0 spiro atoms. The quantitative estimate of drug-likeness (QED) is 0.848. The molecule has 0 radical (unpaired) electrons. The Labute approximate surface area is 121 Å². The summed E-state index contributed by atoms with van der Waals surface area (Å²) in [6.45, 7) is 10.1. The van der Waals surface area contributed by atoms with Crippen molar-refractivity contribution in [3.8, 4) is 0 Å². The summed E-state index contributed by atoms with van der Waals surface area (Å²) in [5.74, 6) is 0.672. The fraction of sp³-hybridized carbons (Fsp3) is 0.625. The Morgan fingerprint density at radius 1 is 1.40 bits per heavy atom. The van der Waals surface area contributed by atoms with Crippen LogP contribution in [0, 0.1) is 5.92 Å². The van der Waals surface area contributed by atoms with Crippen LogP contribution in [0.2, 0.25) is 0 Å². The molecule has 1 aliphatic heterocycles. The first kappa shape index (κ1) is 14.8. The number of hydrogen-bond acceptors (Lipinski definition) is 3. The lowest BCUT2D eigenvalue weighted by molar-refractivity contribution is 0.0677. The third-order valence-electron chi connectivity index (χ3n) is 4.04. The van der Waals surface area contributed by atoms with Gasteiger partial charge in [0.25, 0.3) is 5.91 Å². The third-order valence-corrected chi connectivity index (χ3v) is 4.04. The van der Waals surface area contributed by atoms with Crippen LogP contribution in [-0.4, -0.2) is 42.0 Å². The Morgan fingerprint density at radius 2 is 2.15 bits per heavy atom. The van der Waals surface area contributed by atoms with E-state index in [1.54, 1.807) is 0 Å². The van der Waals surface area contributed by atoms with E-state index in [4.69, 9.17) is 0 Å². The van der Waals surface area contributed by atoms with Crippen molar-refractivity contribution >= 4 is 11.6 Å². The maximum Gasteiger partial charge on any atom is 0.272 e. The highest BCUT2D eigenvalue weighted by Gasteiger charge is 2.22. The summed E-state index contributed by atoms with van der Waals surface area (Å²) >= 11 is 0. The first-order valence-electron chi connectivity index (χ1n) is 7.66. The first-order valence-corrected chi connectivity index (χ1v) is 7.66. The maximum absolute atomic E-state index is 12.4. The SMILES string of the molecule is CCN(CC)c1ccc(C(=O)N2CCCC(C)C2)nc1. The molecule has 1 aromatic heterocycles. The number of rotatable bonds is 4. The highest BCUT2D eigenvalue weighted by molar-refractivity contribution is 5.92. The molecule has 0 aromatic carbocycles. The molecule has 1 aromatic rings. The zero-order valence-electron chi connectivity index (χ0n) is 12.8. The van der Waals surface area contributed by atoms with Crippen molar-refractivity contribution in [1.29, 1.82) is 0 Å². The molecule has 20 heavy (non-hydrogen) atoms. The van der Waals surface area contributed by atoms with Crippen LogP contribution in [0.15, 0.2) is 18.3 Å². The molecule has 4 heteroatoms. The molecule has 1 amide bonds. The van der Waals surface area contributed by atoms with Crippen LogP contribution in [-0.2, 0) is 0 Å². The van der Waals surface area contributed by atoms with E-state index in [9.17, 15) is 4.79 Å². The van der Waals surface area contributed by atoms with Gasteiger partial charge in [-0.25, -0.2) is 4.98 Å². The van der Waals surface area contributed by atoms with Crippen molar-refractivity contribution < 1.29 is 4.79 Å². The van der Waals surface area contributed by atoms with E-state index >= 15 is 0 Å². The fourth-order valence-electron chi connectivity index (χ4n) is 2.82. The molecule has 0 aliphatic carbocycles. The Morgan fingerprint density at radius 3 is 2.70 bits per heavy atom. The van der Waals surface area contributed by atoms with Crippen molar-refractivity contribution in [3.05, 3.63) is 24.0 Å². The second-order valence-electron chi connectivity index (χ2n) is 5.57. The first-order chi connectivity index (χ1) is 9.65. The summed E-state index contributed by atoms with van der Waals surface area (Å²) < 4.78 is 0. The lowest BCUT2D eigenvalue weighted by Crippen LogP contribution is -2.39. The average Bonchev–Trinajstić information content (AvgIpc) is 2.48. The van der Waals surface area contributed by atoms with Crippen molar-refractivity contribution in [3.63, 3.8) is 0 Å². The molecule has 4 nitrogen and oxygen atoms in total. The highest BCUT2D eigenvalue weighted by atomic mass is 16.2. The van der Waals surface area contributed by atoms with Crippen LogP contribution in [0.1, 0.15) is 44.1 Å². The predicted octanol–water partition coefficient (Wildman–Crippen LogP) is 2.80. The number of likely N-dealkylation sites (tertiary alicyclic amines) is 1. The maximum atomic E-state index is 12.4. The Kier molecular flexibility index (Phi) is 4.99. The Bertz CT molecular complexity index is 440. The van der Waals surface area contributed by atoms with Crippen LogP contribution in [0.4, 0.5) is 5.69 Å². The van der Waals surface area contributed by atoms with E-state index in [1.807, 2.05) is 23.2 Å². The van der Waals surface area contributed by atoms with Gasteiger partial charge in [0.1, 0.15) is 5.69 Å². The molecule has 2 rings (SSSR count). The van der Waals surface area contributed by atoms with Gasteiger partial charge in [-0.05, 0) is 44.7 Å². The van der Waals surface area contributed by atoms with Gasteiger partial charge in [0.15, 0.2) is 0 Å². The van der Waals surface area contributed by atoms with Crippen molar-refractivity contribution in [2.45, 2.75) is 33.6 Å². The molecule has 0 bridgehead atoms. The van der Waals surface area contributed by atoms with E-state index in [0.29, 0.717) is 11.6 Å². The number of carbonyl (C=O) groups is 1. The summed E-state index contributed by atoms with van der Waals surface area (Å²) in [4.78, 5) is 20.9. The monoisotopic (exact) mass is 275 g/mol. The van der Waals surface area contributed by atoms with E-state index < -0.39 is 0 Å². The summed E-state index contributed by atoms with van der Waals surface area (Å²) in [7, 11) is 0. The van der Waals surface area contributed by atoms with Gasteiger partial charge in [-0.2, -0.15) is 0 Å². The molecular formula is C16H25N3O. The minimum atomic E-state index is 0.0719. The smallest absolute Gasteiger partial charge is 0.272 e.